The first-order valence-corrected chi connectivity index (χ1v) is 8.88. The smallest absolute Gasteiger partial charge is 0.239 e. The standard InChI is InChI=1S/C18H21N5O3/c24-16(23-11-10-22-9-8-19-18(25)14(22)12-23)7-6-15-20-17(21-26-15)13-4-2-1-3-5-13/h1-5,14H,6-12H2,(H,19,25)/t14-/m0/s1. The fourth-order valence-electron chi connectivity index (χ4n) is 3.44. The van der Waals surface area contributed by atoms with Crippen LogP contribution in [0.25, 0.3) is 11.4 Å². The van der Waals surface area contributed by atoms with Gasteiger partial charge in [-0.15, -0.1) is 0 Å². The van der Waals surface area contributed by atoms with Crippen molar-refractivity contribution in [1.82, 2.24) is 25.3 Å². The maximum atomic E-state index is 12.5. The van der Waals surface area contributed by atoms with Gasteiger partial charge in [-0.05, 0) is 0 Å². The molecule has 2 saturated heterocycles. The van der Waals surface area contributed by atoms with Crippen LogP contribution in [0.3, 0.4) is 0 Å². The SMILES string of the molecule is O=C1NCCN2CCN(C(=O)CCc3nc(-c4ccccc4)no3)C[C@@H]12. The molecule has 1 N–H and O–H groups in total. The number of hydrogen-bond donors (Lipinski definition) is 1. The van der Waals surface area contributed by atoms with Gasteiger partial charge in [0.15, 0.2) is 0 Å². The number of piperazine rings is 2. The molecule has 8 nitrogen and oxygen atoms in total. The van der Waals surface area contributed by atoms with Gasteiger partial charge in [0.25, 0.3) is 0 Å². The monoisotopic (exact) mass is 355 g/mol. The zero-order valence-electron chi connectivity index (χ0n) is 14.4. The van der Waals surface area contributed by atoms with E-state index in [9.17, 15) is 9.59 Å². The van der Waals surface area contributed by atoms with Crippen LogP contribution in [-0.4, -0.2) is 70.5 Å². The molecule has 2 fully saturated rings. The highest BCUT2D eigenvalue weighted by molar-refractivity contribution is 5.84. The van der Waals surface area contributed by atoms with Gasteiger partial charge in [-0.25, -0.2) is 0 Å². The molecule has 1 aromatic heterocycles. The van der Waals surface area contributed by atoms with Gasteiger partial charge in [-0.3, -0.25) is 14.5 Å². The summed E-state index contributed by atoms with van der Waals surface area (Å²) in [5.74, 6) is 1.01. The first kappa shape index (κ1) is 16.7. The van der Waals surface area contributed by atoms with Crippen LogP contribution in [-0.2, 0) is 16.0 Å². The Kier molecular flexibility index (Phi) is 4.66. The van der Waals surface area contributed by atoms with E-state index >= 15 is 0 Å². The molecule has 26 heavy (non-hydrogen) atoms. The molecular weight excluding hydrogens is 334 g/mol. The van der Waals surface area contributed by atoms with E-state index in [1.54, 1.807) is 4.90 Å². The lowest BCUT2D eigenvalue weighted by Crippen LogP contribution is -2.64. The number of nitrogens with zero attached hydrogens (tertiary/aromatic N) is 4. The van der Waals surface area contributed by atoms with E-state index in [0.717, 1.165) is 18.7 Å². The minimum Gasteiger partial charge on any atom is -0.353 e. The third-order valence-electron chi connectivity index (χ3n) is 4.90. The Balaban J connectivity index is 1.33. The lowest BCUT2D eigenvalue weighted by molar-refractivity contribution is -0.140. The third-order valence-corrected chi connectivity index (χ3v) is 4.90. The van der Waals surface area contributed by atoms with Crippen molar-refractivity contribution in [2.75, 3.05) is 32.7 Å². The van der Waals surface area contributed by atoms with Gasteiger partial charge in [0, 0.05) is 51.1 Å². The van der Waals surface area contributed by atoms with Crippen LogP contribution in [0.15, 0.2) is 34.9 Å². The van der Waals surface area contributed by atoms with Crippen molar-refractivity contribution >= 4 is 11.8 Å². The topological polar surface area (TPSA) is 91.6 Å². The molecule has 2 aliphatic rings. The highest BCUT2D eigenvalue weighted by Crippen LogP contribution is 2.17. The van der Waals surface area contributed by atoms with Crippen molar-refractivity contribution in [3.8, 4) is 11.4 Å². The van der Waals surface area contributed by atoms with Gasteiger partial charge in [0.2, 0.25) is 23.5 Å². The van der Waals surface area contributed by atoms with Gasteiger partial charge in [-0.2, -0.15) is 4.98 Å². The lowest BCUT2D eigenvalue weighted by Gasteiger charge is -2.43. The minimum absolute atomic E-state index is 0.0122. The third kappa shape index (κ3) is 3.45. The maximum Gasteiger partial charge on any atom is 0.239 e. The first-order valence-electron chi connectivity index (χ1n) is 8.88. The van der Waals surface area contributed by atoms with E-state index in [4.69, 9.17) is 4.52 Å². The number of nitrogens with one attached hydrogen (secondary N) is 1. The predicted octanol–water partition coefficient (Wildman–Crippen LogP) is 0.312. The van der Waals surface area contributed by atoms with Crippen molar-refractivity contribution in [1.29, 1.82) is 0 Å². The molecule has 1 aromatic carbocycles. The van der Waals surface area contributed by atoms with Crippen LogP contribution in [0.5, 0.6) is 0 Å². The normalized spacial score (nSPS) is 20.5. The molecule has 0 bridgehead atoms. The molecule has 1 atom stereocenters. The Labute approximate surface area is 151 Å². The minimum atomic E-state index is -0.227. The van der Waals surface area contributed by atoms with Crippen LogP contribution < -0.4 is 5.32 Å². The van der Waals surface area contributed by atoms with Gasteiger partial charge >= 0.3 is 0 Å². The fraction of sp³-hybridized carbons (Fsp3) is 0.444. The molecule has 2 aliphatic heterocycles. The number of aromatic nitrogens is 2. The number of hydrogen-bond acceptors (Lipinski definition) is 6. The summed E-state index contributed by atoms with van der Waals surface area (Å²) in [7, 11) is 0. The van der Waals surface area contributed by atoms with Crippen LogP contribution >= 0.6 is 0 Å². The highest BCUT2D eigenvalue weighted by atomic mass is 16.5. The Bertz CT molecular complexity index is 791. The van der Waals surface area contributed by atoms with Crippen molar-refractivity contribution in [3.63, 3.8) is 0 Å². The summed E-state index contributed by atoms with van der Waals surface area (Å²) in [6.45, 7) is 3.38. The van der Waals surface area contributed by atoms with Crippen LogP contribution in [0, 0.1) is 0 Å². The zero-order chi connectivity index (χ0) is 17.9. The zero-order valence-corrected chi connectivity index (χ0v) is 14.4. The molecule has 2 aromatic rings. The van der Waals surface area contributed by atoms with E-state index in [2.05, 4.69) is 20.4 Å². The largest absolute Gasteiger partial charge is 0.353 e. The van der Waals surface area contributed by atoms with Gasteiger partial charge in [-0.1, -0.05) is 35.5 Å². The molecule has 3 heterocycles. The average Bonchev–Trinajstić information content (AvgIpc) is 3.16. The van der Waals surface area contributed by atoms with Crippen LogP contribution in [0.1, 0.15) is 12.3 Å². The quantitative estimate of drug-likeness (QED) is 0.849. The summed E-state index contributed by atoms with van der Waals surface area (Å²) in [5, 5.41) is 6.84. The Hall–Kier alpha value is -2.74. The summed E-state index contributed by atoms with van der Waals surface area (Å²) in [6, 6.07) is 9.35. The number of carbonyl (C=O) groups is 2. The van der Waals surface area contributed by atoms with Gasteiger partial charge in [0.05, 0.1) is 0 Å². The number of rotatable bonds is 4. The van der Waals surface area contributed by atoms with Crippen molar-refractivity contribution < 1.29 is 14.1 Å². The Morgan fingerprint density at radius 2 is 2.08 bits per heavy atom. The van der Waals surface area contributed by atoms with Gasteiger partial charge in [0.1, 0.15) is 6.04 Å². The number of aryl methyl sites for hydroxylation is 1. The molecule has 0 unspecified atom stereocenters. The molecule has 0 radical (unpaired) electrons. The lowest BCUT2D eigenvalue weighted by atomic mass is 10.1. The summed E-state index contributed by atoms with van der Waals surface area (Å²) < 4.78 is 5.26. The molecule has 4 rings (SSSR count). The number of benzene rings is 1. The second kappa shape index (κ2) is 7.25. The second-order valence-corrected chi connectivity index (χ2v) is 6.56. The Morgan fingerprint density at radius 3 is 2.92 bits per heavy atom. The molecule has 0 spiro atoms. The van der Waals surface area contributed by atoms with E-state index in [1.807, 2.05) is 30.3 Å². The molecular formula is C18H21N5O3. The molecule has 136 valence electrons. The van der Waals surface area contributed by atoms with E-state index in [-0.39, 0.29) is 17.9 Å². The van der Waals surface area contributed by atoms with Gasteiger partial charge < -0.3 is 14.7 Å². The maximum absolute atomic E-state index is 12.5. The molecule has 0 aliphatic carbocycles. The summed E-state index contributed by atoms with van der Waals surface area (Å²) in [4.78, 5) is 32.8. The van der Waals surface area contributed by atoms with E-state index in [0.29, 0.717) is 44.2 Å². The van der Waals surface area contributed by atoms with Crippen molar-refractivity contribution in [2.24, 2.45) is 0 Å². The fourth-order valence-corrected chi connectivity index (χ4v) is 3.44. The van der Waals surface area contributed by atoms with E-state index in [1.165, 1.54) is 0 Å². The average molecular weight is 355 g/mol. The number of fused-ring (bicyclic) bond motifs is 1. The molecule has 8 heteroatoms. The summed E-state index contributed by atoms with van der Waals surface area (Å²) in [5.41, 5.74) is 0.883. The number of carbonyl (C=O) groups excluding carboxylic acids is 2. The Morgan fingerprint density at radius 1 is 1.23 bits per heavy atom. The molecule has 0 saturated carbocycles. The highest BCUT2D eigenvalue weighted by Gasteiger charge is 2.36. The molecule has 2 amide bonds. The van der Waals surface area contributed by atoms with Crippen LogP contribution in [0.4, 0.5) is 0 Å². The summed E-state index contributed by atoms with van der Waals surface area (Å²) in [6.07, 6.45) is 0.695. The second-order valence-electron chi connectivity index (χ2n) is 6.56. The van der Waals surface area contributed by atoms with Crippen molar-refractivity contribution in [2.45, 2.75) is 18.9 Å². The van der Waals surface area contributed by atoms with Crippen LogP contribution in [0.2, 0.25) is 0 Å². The number of amides is 2. The van der Waals surface area contributed by atoms with E-state index < -0.39 is 0 Å². The summed E-state index contributed by atoms with van der Waals surface area (Å²) >= 11 is 0. The first-order chi connectivity index (χ1) is 12.7. The van der Waals surface area contributed by atoms with Crippen molar-refractivity contribution in [3.05, 3.63) is 36.2 Å². The predicted molar refractivity (Wildman–Crippen MR) is 93.0 cm³/mol.